The Labute approximate surface area is 869 Å². The first-order valence-corrected chi connectivity index (χ1v) is 50.6. The predicted octanol–water partition coefficient (Wildman–Crippen LogP) is 20.9. The van der Waals surface area contributed by atoms with E-state index >= 15 is 0 Å². The van der Waals surface area contributed by atoms with Crippen LogP contribution in [0.2, 0.25) is 0 Å². The van der Waals surface area contributed by atoms with Gasteiger partial charge in [-0.15, -0.1) is 0 Å². The largest absolute Gasteiger partial charge is 0.508 e. The van der Waals surface area contributed by atoms with Gasteiger partial charge in [0, 0.05) is 31.7 Å². The number of nitrogens with zero attached hydrogens (tertiary/aromatic N) is 8. The molecule has 4 unspecified atom stereocenters. The molecule has 4 atom stereocenters. The fourth-order valence-corrected chi connectivity index (χ4v) is 17.8. The molecule has 12 aromatic carbocycles. The van der Waals surface area contributed by atoms with Gasteiger partial charge in [0.25, 0.3) is 23.6 Å². The van der Waals surface area contributed by atoms with Gasteiger partial charge in [-0.1, -0.05) is 145 Å². The molecular formula is C119H125F4N19O8. The lowest BCUT2D eigenvalue weighted by Crippen LogP contribution is -2.25. The first kappa shape index (κ1) is 106. The van der Waals surface area contributed by atoms with E-state index in [4.69, 9.17) is 32.4 Å². The quantitative estimate of drug-likeness (QED) is 0.0127. The Morgan fingerprint density at radius 2 is 0.647 bits per heavy atom. The van der Waals surface area contributed by atoms with Crippen LogP contribution in [0.15, 0.2) is 285 Å². The standard InChI is InChI=1S/C30H32FN5O2.C30H32FN5O.C30H31FN4O2.C29H30FN5O3/c1-19-13-28(36(35-19)24-7-3-5-21(14-24)17-32)30(37)34-27-16-23(11-12-26(27)31)29(33-18-20-9-10-20)22-6-4-8-25(15-22)38-2;1-19-6-10-23(11-7-19)29(33-18-21-8-9-21)24-12-13-26(31)27(16-24)34-30(37)28-14-20(2)35-36(28)25-5-3-4-22(15-25)17-32;1-19-6-10-23(11-7-19)29(37-18-21-8-9-21)24-12-13-26(31)27(16-24)33-30(36)28-14-20(2)34-35(28)25-5-3-4-22(15-25)17-32;1-17-11-26(35(34-17)21-4-2-3-19(12-21)15-31)29(38)33-25-13-20(7-9-24(25)30)28(32-16-18-5-6-18)23-14-22(36)8-10-27(23)37/h3-8,11-16,20,29,33H,9-10,17-18,32H2,1-2H3,(H,34,37);3-7,10-16,21,29,33H,8-9,17-18,32H2,1-2H3,(H,34,37);3-7,10-16,21,29H,8-9,17-18,32H2,1-2H3,(H,33,36);2-4,7-14,18,28,32,36-37H,5-6,15-16,31H2,1H3,(H,33,38). The predicted molar refractivity (Wildman–Crippen MR) is 576 cm³/mol. The van der Waals surface area contributed by atoms with Crippen LogP contribution in [0.3, 0.4) is 0 Å². The molecule has 0 bridgehead atoms. The minimum Gasteiger partial charge on any atom is -0.508 e. The van der Waals surface area contributed by atoms with Crippen molar-refractivity contribution >= 4 is 46.4 Å². The monoisotopic (exact) mass is 2020 g/mol. The zero-order valence-corrected chi connectivity index (χ0v) is 84.8. The lowest BCUT2D eigenvalue weighted by molar-refractivity contribution is 0.0718. The third-order valence-electron chi connectivity index (χ3n) is 26.7. The fraction of sp³-hybridized carbons (Fsp3) is 0.261. The van der Waals surface area contributed by atoms with E-state index in [1.165, 1.54) is 91.2 Å². The highest BCUT2D eigenvalue weighted by molar-refractivity contribution is 6.06. The summed E-state index contributed by atoms with van der Waals surface area (Å²) in [6, 6.07) is 83.4. The van der Waals surface area contributed by atoms with Crippen LogP contribution in [0.25, 0.3) is 22.7 Å². The average molecular weight is 2030 g/mol. The zero-order valence-electron chi connectivity index (χ0n) is 84.8. The van der Waals surface area contributed by atoms with E-state index in [1.807, 2.05) is 173 Å². The van der Waals surface area contributed by atoms with E-state index < -0.39 is 52.9 Å². The molecule has 4 saturated carbocycles. The lowest BCUT2D eigenvalue weighted by Gasteiger charge is -2.22. The van der Waals surface area contributed by atoms with Gasteiger partial charge < -0.3 is 79.8 Å². The molecule has 772 valence electrons. The molecule has 4 aromatic heterocycles. The van der Waals surface area contributed by atoms with Gasteiger partial charge in [-0.25, -0.2) is 36.3 Å². The second-order valence-electron chi connectivity index (χ2n) is 39.0. The number of aryl methyl sites for hydroxylation is 6. The molecule has 17 N–H and O–H groups in total. The number of aromatic nitrogens is 8. The summed E-state index contributed by atoms with van der Waals surface area (Å²) in [6.45, 7) is 15.9. The maximum absolute atomic E-state index is 15.0. The van der Waals surface area contributed by atoms with Crippen LogP contribution in [-0.2, 0) is 30.9 Å². The molecule has 16 aromatic rings. The smallest absolute Gasteiger partial charge is 0.274 e. The van der Waals surface area contributed by atoms with Crippen molar-refractivity contribution in [3.05, 3.63) is 432 Å². The number of methoxy groups -OCH3 is 1. The van der Waals surface area contributed by atoms with Gasteiger partial charge in [-0.05, 0) is 349 Å². The Bertz CT molecular complexity index is 7280. The second-order valence-corrected chi connectivity index (χ2v) is 39.0. The van der Waals surface area contributed by atoms with Gasteiger partial charge in [0.15, 0.2) is 0 Å². The Balaban J connectivity index is 0.000000136. The van der Waals surface area contributed by atoms with Crippen molar-refractivity contribution in [3.63, 3.8) is 0 Å². The van der Waals surface area contributed by atoms with E-state index in [1.54, 1.807) is 101 Å². The molecule has 4 aliphatic carbocycles. The van der Waals surface area contributed by atoms with Crippen molar-refractivity contribution in [1.82, 2.24) is 55.1 Å². The van der Waals surface area contributed by atoms with Gasteiger partial charge in [0.05, 0.1) is 100 Å². The summed E-state index contributed by atoms with van der Waals surface area (Å²) in [5, 5.41) is 60.2. The number of amides is 4. The average Bonchev–Trinajstić information content (AvgIpc) is 1.79. The van der Waals surface area contributed by atoms with E-state index in [2.05, 4.69) is 88.8 Å². The van der Waals surface area contributed by atoms with Crippen LogP contribution in [0.5, 0.6) is 17.2 Å². The summed E-state index contributed by atoms with van der Waals surface area (Å²) in [4.78, 5) is 53.4. The molecular weight excluding hydrogens is 1900 g/mol. The fourth-order valence-electron chi connectivity index (χ4n) is 17.8. The van der Waals surface area contributed by atoms with Gasteiger partial charge in [-0.2, -0.15) is 20.4 Å². The summed E-state index contributed by atoms with van der Waals surface area (Å²) in [6.07, 6.45) is 9.13. The van der Waals surface area contributed by atoms with Crippen LogP contribution < -0.4 is 64.9 Å². The number of phenols is 2. The van der Waals surface area contributed by atoms with Crippen molar-refractivity contribution in [2.75, 3.05) is 54.6 Å². The number of aromatic hydroxyl groups is 2. The number of nitrogens with two attached hydrogens (primary N) is 4. The van der Waals surface area contributed by atoms with E-state index in [-0.39, 0.29) is 58.1 Å². The summed E-state index contributed by atoms with van der Waals surface area (Å²) >= 11 is 0. The van der Waals surface area contributed by atoms with Crippen LogP contribution in [0, 0.1) is 88.5 Å². The molecule has 20 rings (SSSR count). The number of anilines is 4. The number of ether oxygens (including phenoxy) is 2. The summed E-state index contributed by atoms with van der Waals surface area (Å²) in [5.41, 5.74) is 42.8. The number of hydrogen-bond acceptors (Lipinski definition) is 19. The third-order valence-corrected chi connectivity index (χ3v) is 26.7. The summed E-state index contributed by atoms with van der Waals surface area (Å²) < 4.78 is 77.7. The van der Waals surface area contributed by atoms with E-state index in [9.17, 15) is 47.0 Å². The van der Waals surface area contributed by atoms with Crippen LogP contribution in [0.4, 0.5) is 40.3 Å². The number of benzene rings is 12. The number of hydrogen-bond donors (Lipinski definition) is 13. The Morgan fingerprint density at radius 1 is 0.340 bits per heavy atom. The molecule has 0 spiro atoms. The molecule has 4 aliphatic rings. The van der Waals surface area contributed by atoms with Crippen molar-refractivity contribution in [1.29, 1.82) is 0 Å². The normalized spacial score (nSPS) is 13.9. The summed E-state index contributed by atoms with van der Waals surface area (Å²) in [5.74, 6) is -0.774. The van der Waals surface area contributed by atoms with Gasteiger partial charge in [-0.3, -0.25) is 19.2 Å². The maximum atomic E-state index is 15.0. The number of phenolic OH excluding ortho intramolecular Hbond substituents is 2. The Kier molecular flexibility index (Phi) is 34.1. The summed E-state index contributed by atoms with van der Waals surface area (Å²) in [7, 11) is 1.63. The van der Waals surface area contributed by atoms with Crippen LogP contribution in [0.1, 0.15) is 218 Å². The molecule has 27 nitrogen and oxygen atoms in total. The maximum Gasteiger partial charge on any atom is 0.274 e. The molecule has 0 radical (unpaired) electrons. The molecule has 4 heterocycles. The number of halogens is 4. The highest BCUT2D eigenvalue weighted by Crippen LogP contribution is 2.41. The van der Waals surface area contributed by atoms with Gasteiger partial charge >= 0.3 is 0 Å². The van der Waals surface area contributed by atoms with Crippen molar-refractivity contribution in [2.45, 2.75) is 143 Å². The van der Waals surface area contributed by atoms with Crippen molar-refractivity contribution in [2.24, 2.45) is 46.6 Å². The zero-order chi connectivity index (χ0) is 105. The topological polar surface area (TPSA) is 387 Å². The van der Waals surface area contributed by atoms with Gasteiger partial charge in [0.2, 0.25) is 0 Å². The minimum atomic E-state index is -0.601. The number of carbonyl (C=O) groups is 4. The number of carbonyl (C=O) groups excluding carboxylic acids is 4. The Hall–Kier alpha value is -15.8. The molecule has 4 fully saturated rings. The first-order chi connectivity index (χ1) is 72.6. The van der Waals surface area contributed by atoms with Gasteiger partial charge in [0.1, 0.15) is 69.4 Å². The minimum absolute atomic E-state index is 0.00472. The van der Waals surface area contributed by atoms with Crippen LogP contribution >= 0.6 is 0 Å². The van der Waals surface area contributed by atoms with Crippen molar-refractivity contribution in [3.8, 4) is 40.0 Å². The first-order valence-electron chi connectivity index (χ1n) is 50.6. The van der Waals surface area contributed by atoms with Crippen LogP contribution in [-0.4, -0.2) is 106 Å². The SMILES string of the molecule is COc1cccc(C(NCC2CC2)c2ccc(F)c(NC(=O)c3cc(C)nn3-c3cccc(CN)c3)c2)c1.Cc1cc(C(=O)Nc2cc(C(NCC3CC3)c3cc(O)ccc3O)ccc2F)n(-c2cccc(CN)c2)n1.Cc1ccc(C(NCC2CC2)c2ccc(F)c(NC(=O)c3cc(C)nn3-c3cccc(CN)c3)c2)cc1.Cc1ccc(C(OCC2CC2)c2ccc(F)c(NC(=O)c3cc(C)nn3-c3cccc(CN)c3)c2)cc1. The second kappa shape index (κ2) is 48.4. The highest BCUT2D eigenvalue weighted by Gasteiger charge is 2.33. The third kappa shape index (κ3) is 27.2. The number of nitrogens with one attached hydrogen (secondary N) is 7. The Morgan fingerprint density at radius 3 is 0.993 bits per heavy atom. The lowest BCUT2D eigenvalue weighted by atomic mass is 9.96. The number of rotatable bonds is 37. The molecule has 0 saturated heterocycles. The molecule has 0 aliphatic heterocycles. The highest BCUT2D eigenvalue weighted by atomic mass is 19.1. The molecule has 4 amide bonds. The molecule has 31 heteroatoms. The molecule has 150 heavy (non-hydrogen) atoms. The van der Waals surface area contributed by atoms with E-state index in [0.29, 0.717) is 131 Å². The van der Waals surface area contributed by atoms with Crippen molar-refractivity contribution < 1.29 is 56.4 Å². The van der Waals surface area contributed by atoms with E-state index in [0.717, 1.165) is 98.6 Å².